The molecule has 0 radical (unpaired) electrons. The Bertz CT molecular complexity index is 1010. The monoisotopic (exact) mass is 483 g/mol. The lowest BCUT2D eigenvalue weighted by Crippen LogP contribution is -2.60. The summed E-state index contributed by atoms with van der Waals surface area (Å²) in [5.41, 5.74) is 1.41. The molecule has 3 amide bonds. The number of carbonyl (C=O) groups excluding carboxylic acids is 3. The van der Waals surface area contributed by atoms with Crippen molar-refractivity contribution in [3.63, 3.8) is 0 Å². The van der Waals surface area contributed by atoms with Crippen molar-refractivity contribution >= 4 is 29.3 Å². The molecule has 3 atom stereocenters. The Hall–Kier alpha value is -2.86. The largest absolute Gasteiger partial charge is 0.344 e. The van der Waals surface area contributed by atoms with E-state index in [0.717, 1.165) is 5.56 Å². The summed E-state index contributed by atoms with van der Waals surface area (Å²) in [6.07, 6.45) is 0.648. The van der Waals surface area contributed by atoms with Crippen LogP contribution in [0.1, 0.15) is 56.0 Å². The average Bonchev–Trinajstić information content (AvgIpc) is 2.83. The summed E-state index contributed by atoms with van der Waals surface area (Å²) < 4.78 is 0. The molecule has 1 saturated heterocycles. The zero-order valence-electron chi connectivity index (χ0n) is 20.3. The molecule has 2 aromatic carbocycles. The van der Waals surface area contributed by atoms with Crippen LogP contribution in [0.4, 0.5) is 0 Å². The Labute approximate surface area is 207 Å². The number of halogens is 1. The Balaban J connectivity index is 1.68. The maximum atomic E-state index is 13.5. The van der Waals surface area contributed by atoms with Gasteiger partial charge in [0.15, 0.2) is 0 Å². The molecule has 182 valence electrons. The summed E-state index contributed by atoms with van der Waals surface area (Å²) in [6.45, 7) is 9.01. The van der Waals surface area contributed by atoms with Gasteiger partial charge in [0.25, 0.3) is 5.91 Å². The lowest BCUT2D eigenvalue weighted by Gasteiger charge is -2.41. The van der Waals surface area contributed by atoms with Crippen molar-refractivity contribution in [2.45, 2.75) is 52.1 Å². The molecule has 34 heavy (non-hydrogen) atoms. The predicted molar refractivity (Wildman–Crippen MR) is 135 cm³/mol. The molecule has 0 saturated carbocycles. The third-order valence-corrected chi connectivity index (χ3v) is 6.79. The first-order valence-corrected chi connectivity index (χ1v) is 12.3. The number of nitrogens with zero attached hydrogens (tertiary/aromatic N) is 2. The molecule has 3 rings (SSSR count). The van der Waals surface area contributed by atoms with Crippen molar-refractivity contribution in [3.8, 4) is 0 Å². The number of amides is 3. The van der Waals surface area contributed by atoms with E-state index in [2.05, 4.69) is 5.32 Å². The third-order valence-electron chi connectivity index (χ3n) is 6.46. The number of benzene rings is 2. The number of hydrogen-bond acceptors (Lipinski definition) is 3. The summed E-state index contributed by atoms with van der Waals surface area (Å²) >= 11 is 6.22. The van der Waals surface area contributed by atoms with E-state index in [1.165, 1.54) is 0 Å². The van der Waals surface area contributed by atoms with Crippen molar-refractivity contribution in [1.29, 1.82) is 0 Å². The summed E-state index contributed by atoms with van der Waals surface area (Å²) in [4.78, 5) is 43.1. The second-order valence-electron chi connectivity index (χ2n) is 9.21. The van der Waals surface area contributed by atoms with E-state index in [4.69, 9.17) is 11.6 Å². The van der Waals surface area contributed by atoms with Crippen molar-refractivity contribution in [2.75, 3.05) is 19.6 Å². The molecule has 0 bridgehead atoms. The molecule has 1 aliphatic heterocycles. The molecule has 2 aromatic rings. The van der Waals surface area contributed by atoms with Crippen LogP contribution in [0.3, 0.4) is 0 Å². The van der Waals surface area contributed by atoms with Crippen molar-refractivity contribution in [2.24, 2.45) is 5.92 Å². The first kappa shape index (κ1) is 25.8. The minimum Gasteiger partial charge on any atom is -0.344 e. The van der Waals surface area contributed by atoms with Gasteiger partial charge in [0.2, 0.25) is 11.8 Å². The molecule has 3 unspecified atom stereocenters. The lowest BCUT2D eigenvalue weighted by atomic mass is 9.94. The van der Waals surface area contributed by atoms with E-state index in [1.54, 1.807) is 34.1 Å². The van der Waals surface area contributed by atoms with Gasteiger partial charge in [-0.3, -0.25) is 14.4 Å². The van der Waals surface area contributed by atoms with Crippen LogP contribution < -0.4 is 5.32 Å². The minimum atomic E-state index is -0.622. The van der Waals surface area contributed by atoms with Gasteiger partial charge in [-0.15, -0.1) is 0 Å². The first-order chi connectivity index (χ1) is 16.2. The van der Waals surface area contributed by atoms with E-state index >= 15 is 0 Å². The fourth-order valence-corrected chi connectivity index (χ4v) is 4.69. The number of piperazine rings is 1. The molecule has 0 aromatic heterocycles. The zero-order valence-corrected chi connectivity index (χ0v) is 21.1. The highest BCUT2D eigenvalue weighted by Crippen LogP contribution is 2.23. The van der Waals surface area contributed by atoms with E-state index in [9.17, 15) is 14.4 Å². The highest BCUT2D eigenvalue weighted by atomic mass is 35.5. The van der Waals surface area contributed by atoms with Gasteiger partial charge in [-0.2, -0.15) is 0 Å². The quantitative estimate of drug-likeness (QED) is 0.636. The summed E-state index contributed by atoms with van der Waals surface area (Å²) in [7, 11) is 0. The van der Waals surface area contributed by atoms with E-state index < -0.39 is 6.04 Å². The summed E-state index contributed by atoms with van der Waals surface area (Å²) in [5, 5.41) is 3.44. The SMILES string of the molecule is CCC(C(=O)NC(C(=O)N1CCN(C(=O)c2ccccc2Cl)C(C)C1)C(C)C)c1ccccc1. The molecule has 1 aliphatic rings. The van der Waals surface area contributed by atoms with E-state index in [-0.39, 0.29) is 35.6 Å². The van der Waals surface area contributed by atoms with Gasteiger partial charge in [0, 0.05) is 25.7 Å². The fraction of sp³-hybridized carbons (Fsp3) is 0.444. The molecular formula is C27H34ClN3O3. The van der Waals surface area contributed by atoms with Crippen LogP contribution in [0, 0.1) is 5.92 Å². The fourth-order valence-electron chi connectivity index (χ4n) is 4.47. The lowest BCUT2D eigenvalue weighted by molar-refractivity contribution is -0.140. The van der Waals surface area contributed by atoms with Crippen LogP contribution in [0.5, 0.6) is 0 Å². The van der Waals surface area contributed by atoms with Gasteiger partial charge < -0.3 is 15.1 Å². The zero-order chi connectivity index (χ0) is 24.8. The average molecular weight is 484 g/mol. The first-order valence-electron chi connectivity index (χ1n) is 11.9. The topological polar surface area (TPSA) is 69.7 Å². The van der Waals surface area contributed by atoms with Gasteiger partial charge in [0.1, 0.15) is 6.04 Å². The molecule has 6 nitrogen and oxygen atoms in total. The summed E-state index contributed by atoms with van der Waals surface area (Å²) in [5.74, 6) is -0.751. The van der Waals surface area contributed by atoms with Crippen molar-refractivity contribution in [1.82, 2.24) is 15.1 Å². The van der Waals surface area contributed by atoms with Crippen LogP contribution in [0.15, 0.2) is 54.6 Å². The minimum absolute atomic E-state index is 0.0668. The van der Waals surface area contributed by atoms with Gasteiger partial charge >= 0.3 is 0 Å². The number of rotatable bonds is 7. The smallest absolute Gasteiger partial charge is 0.255 e. The maximum absolute atomic E-state index is 13.5. The molecule has 1 N–H and O–H groups in total. The van der Waals surface area contributed by atoms with Crippen LogP contribution in [-0.2, 0) is 9.59 Å². The third kappa shape index (κ3) is 5.79. The van der Waals surface area contributed by atoms with Crippen LogP contribution in [0.25, 0.3) is 0 Å². The van der Waals surface area contributed by atoms with Crippen molar-refractivity contribution in [3.05, 3.63) is 70.7 Å². The van der Waals surface area contributed by atoms with E-state index in [0.29, 0.717) is 36.6 Å². The molecule has 0 spiro atoms. The predicted octanol–water partition coefficient (Wildman–Crippen LogP) is 4.35. The Morgan fingerprint density at radius 3 is 2.26 bits per heavy atom. The molecule has 7 heteroatoms. The normalized spacial score (nSPS) is 17.9. The Morgan fingerprint density at radius 2 is 1.68 bits per heavy atom. The second-order valence-corrected chi connectivity index (χ2v) is 9.62. The van der Waals surface area contributed by atoms with Crippen LogP contribution in [-0.4, -0.2) is 59.2 Å². The van der Waals surface area contributed by atoms with Crippen molar-refractivity contribution < 1.29 is 14.4 Å². The summed E-state index contributed by atoms with van der Waals surface area (Å²) in [6, 6.07) is 15.9. The molecule has 1 heterocycles. The van der Waals surface area contributed by atoms with Gasteiger partial charge in [0.05, 0.1) is 16.5 Å². The maximum Gasteiger partial charge on any atom is 0.255 e. The number of nitrogens with one attached hydrogen (secondary N) is 1. The Morgan fingerprint density at radius 1 is 1.03 bits per heavy atom. The van der Waals surface area contributed by atoms with E-state index in [1.807, 2.05) is 58.0 Å². The Kier molecular flexibility index (Phi) is 8.72. The number of hydrogen-bond donors (Lipinski definition) is 1. The molecular weight excluding hydrogens is 450 g/mol. The highest BCUT2D eigenvalue weighted by molar-refractivity contribution is 6.33. The molecule has 1 fully saturated rings. The van der Waals surface area contributed by atoms with Gasteiger partial charge in [-0.1, -0.05) is 74.8 Å². The van der Waals surface area contributed by atoms with Gasteiger partial charge in [-0.25, -0.2) is 0 Å². The van der Waals surface area contributed by atoms with Crippen LogP contribution >= 0.6 is 11.6 Å². The standard InChI is InChI=1S/C27H34ClN3O3/c1-5-21(20-11-7-6-8-12-20)25(32)29-24(18(2)3)27(34)30-15-16-31(19(4)17-30)26(33)22-13-9-10-14-23(22)28/h6-14,18-19,21,24H,5,15-17H2,1-4H3,(H,29,32). The van der Waals surface area contributed by atoms with Gasteiger partial charge in [-0.05, 0) is 37.0 Å². The second kappa shape index (κ2) is 11.5. The highest BCUT2D eigenvalue weighted by Gasteiger charge is 2.36. The number of carbonyl (C=O) groups is 3. The van der Waals surface area contributed by atoms with Crippen LogP contribution in [0.2, 0.25) is 5.02 Å². The molecule has 0 aliphatic carbocycles.